The molecule has 5 heteroatoms. The molecular formula is C12H14N4O. The summed E-state index contributed by atoms with van der Waals surface area (Å²) < 4.78 is 5.08. The van der Waals surface area contributed by atoms with Gasteiger partial charge in [-0.05, 0) is 18.6 Å². The molecule has 0 aliphatic heterocycles. The molecule has 0 bridgehead atoms. The van der Waals surface area contributed by atoms with Crippen LogP contribution in [0.3, 0.4) is 0 Å². The number of hydrogen-bond acceptors (Lipinski definition) is 5. The van der Waals surface area contributed by atoms with Gasteiger partial charge in [-0.1, -0.05) is 6.07 Å². The minimum Gasteiger partial charge on any atom is -0.481 e. The molecule has 1 N–H and O–H groups in total. The molecule has 0 amide bonds. The Balaban J connectivity index is 2.06. The minimum atomic E-state index is 0.561. The summed E-state index contributed by atoms with van der Waals surface area (Å²) in [7, 11) is 1.59. The van der Waals surface area contributed by atoms with Crippen LogP contribution in [-0.2, 0) is 6.54 Å². The summed E-state index contributed by atoms with van der Waals surface area (Å²) in [5.74, 6) is 1.99. The molecule has 2 aromatic heterocycles. The van der Waals surface area contributed by atoms with Gasteiger partial charge in [0, 0.05) is 25.0 Å². The van der Waals surface area contributed by atoms with Crippen LogP contribution < -0.4 is 10.1 Å². The van der Waals surface area contributed by atoms with Crippen molar-refractivity contribution in [1.29, 1.82) is 0 Å². The van der Waals surface area contributed by atoms with Gasteiger partial charge in [0.05, 0.1) is 7.11 Å². The standard InChI is InChI=1S/C12H14N4O/c1-9-15-11(6-12(16-9)17-2)14-8-10-4-3-5-13-7-10/h3-7H,8H2,1-2H3,(H,14,15,16). The van der Waals surface area contributed by atoms with E-state index in [1.165, 1.54) is 0 Å². The van der Waals surface area contributed by atoms with Crippen LogP contribution in [0.5, 0.6) is 5.88 Å². The monoisotopic (exact) mass is 230 g/mol. The number of anilines is 1. The lowest BCUT2D eigenvalue weighted by molar-refractivity contribution is 0.396. The molecule has 5 nitrogen and oxygen atoms in total. The normalized spacial score (nSPS) is 10.0. The average molecular weight is 230 g/mol. The van der Waals surface area contributed by atoms with Gasteiger partial charge in [-0.25, -0.2) is 4.98 Å². The maximum Gasteiger partial charge on any atom is 0.218 e. The molecule has 0 radical (unpaired) electrons. The molecule has 0 aromatic carbocycles. The van der Waals surface area contributed by atoms with E-state index in [-0.39, 0.29) is 0 Å². The summed E-state index contributed by atoms with van der Waals surface area (Å²) in [5.41, 5.74) is 1.10. The highest BCUT2D eigenvalue weighted by Crippen LogP contribution is 2.13. The fraction of sp³-hybridized carbons (Fsp3) is 0.250. The molecule has 0 aliphatic rings. The number of nitrogens with zero attached hydrogens (tertiary/aromatic N) is 3. The first-order chi connectivity index (χ1) is 8.28. The first-order valence-corrected chi connectivity index (χ1v) is 5.30. The fourth-order valence-corrected chi connectivity index (χ4v) is 1.43. The number of rotatable bonds is 4. The van der Waals surface area contributed by atoms with Crippen LogP contribution in [0, 0.1) is 6.92 Å². The molecule has 0 aliphatic carbocycles. The van der Waals surface area contributed by atoms with Crippen LogP contribution in [0.25, 0.3) is 0 Å². The Morgan fingerprint density at radius 2 is 2.24 bits per heavy atom. The maximum absolute atomic E-state index is 5.08. The Kier molecular flexibility index (Phi) is 3.49. The largest absolute Gasteiger partial charge is 0.481 e. The van der Waals surface area contributed by atoms with Gasteiger partial charge >= 0.3 is 0 Å². The van der Waals surface area contributed by atoms with Crippen LogP contribution in [0.15, 0.2) is 30.6 Å². The molecule has 0 spiro atoms. The van der Waals surface area contributed by atoms with Crippen molar-refractivity contribution in [3.8, 4) is 5.88 Å². The Morgan fingerprint density at radius 3 is 2.94 bits per heavy atom. The molecule has 0 atom stereocenters. The zero-order valence-electron chi connectivity index (χ0n) is 9.84. The summed E-state index contributed by atoms with van der Waals surface area (Å²) in [6.45, 7) is 2.51. The van der Waals surface area contributed by atoms with E-state index < -0.39 is 0 Å². The molecule has 2 heterocycles. The summed E-state index contributed by atoms with van der Waals surface area (Å²) in [5, 5.41) is 3.21. The second-order valence-corrected chi connectivity index (χ2v) is 3.56. The van der Waals surface area contributed by atoms with Gasteiger partial charge in [0.2, 0.25) is 5.88 Å². The van der Waals surface area contributed by atoms with E-state index in [0.29, 0.717) is 18.2 Å². The van der Waals surface area contributed by atoms with Gasteiger partial charge in [0.25, 0.3) is 0 Å². The summed E-state index contributed by atoms with van der Waals surface area (Å²) in [6.07, 6.45) is 3.57. The van der Waals surface area contributed by atoms with Crippen LogP contribution in [-0.4, -0.2) is 22.1 Å². The summed E-state index contributed by atoms with van der Waals surface area (Å²) in [4.78, 5) is 12.4. The van der Waals surface area contributed by atoms with Crippen LogP contribution >= 0.6 is 0 Å². The Hall–Kier alpha value is -2.17. The zero-order chi connectivity index (χ0) is 12.1. The third-order valence-corrected chi connectivity index (χ3v) is 2.22. The first kappa shape index (κ1) is 11.3. The third kappa shape index (κ3) is 3.14. The molecule has 88 valence electrons. The smallest absolute Gasteiger partial charge is 0.218 e. The molecular weight excluding hydrogens is 216 g/mol. The van der Waals surface area contributed by atoms with Gasteiger partial charge < -0.3 is 10.1 Å². The van der Waals surface area contributed by atoms with Crippen LogP contribution in [0.1, 0.15) is 11.4 Å². The van der Waals surface area contributed by atoms with E-state index in [9.17, 15) is 0 Å². The van der Waals surface area contributed by atoms with E-state index in [0.717, 1.165) is 11.4 Å². The van der Waals surface area contributed by atoms with Crippen molar-refractivity contribution in [2.24, 2.45) is 0 Å². The maximum atomic E-state index is 5.08. The van der Waals surface area contributed by atoms with Crippen LogP contribution in [0.2, 0.25) is 0 Å². The predicted molar refractivity (Wildman–Crippen MR) is 64.9 cm³/mol. The fourth-order valence-electron chi connectivity index (χ4n) is 1.43. The summed E-state index contributed by atoms with van der Waals surface area (Å²) >= 11 is 0. The molecule has 0 fully saturated rings. The topological polar surface area (TPSA) is 59.9 Å². The van der Waals surface area contributed by atoms with Gasteiger partial charge in [-0.15, -0.1) is 0 Å². The van der Waals surface area contributed by atoms with Gasteiger partial charge in [0.15, 0.2) is 0 Å². The Bertz CT molecular complexity index is 487. The van der Waals surface area contributed by atoms with Crippen molar-refractivity contribution >= 4 is 5.82 Å². The number of methoxy groups -OCH3 is 1. The second kappa shape index (κ2) is 5.25. The molecule has 0 unspecified atom stereocenters. The van der Waals surface area contributed by atoms with Crippen molar-refractivity contribution in [2.75, 3.05) is 12.4 Å². The lowest BCUT2D eigenvalue weighted by Crippen LogP contribution is -2.04. The zero-order valence-corrected chi connectivity index (χ0v) is 9.84. The van der Waals surface area contributed by atoms with Crippen molar-refractivity contribution in [3.63, 3.8) is 0 Å². The molecule has 17 heavy (non-hydrogen) atoms. The van der Waals surface area contributed by atoms with Gasteiger partial charge in [-0.2, -0.15) is 4.98 Å². The van der Waals surface area contributed by atoms with Crippen molar-refractivity contribution < 1.29 is 4.74 Å². The van der Waals surface area contributed by atoms with E-state index >= 15 is 0 Å². The molecule has 0 saturated heterocycles. The number of aromatic nitrogens is 3. The highest BCUT2D eigenvalue weighted by molar-refractivity contribution is 5.39. The highest BCUT2D eigenvalue weighted by atomic mass is 16.5. The minimum absolute atomic E-state index is 0.561. The van der Waals surface area contributed by atoms with Gasteiger partial charge in [0.1, 0.15) is 11.6 Å². The quantitative estimate of drug-likeness (QED) is 0.867. The SMILES string of the molecule is COc1cc(NCc2cccnc2)nc(C)n1. The van der Waals surface area contributed by atoms with Gasteiger partial charge in [-0.3, -0.25) is 4.98 Å². The number of ether oxygens (including phenoxy) is 1. The molecule has 2 aromatic rings. The predicted octanol–water partition coefficient (Wildman–Crippen LogP) is 1.80. The summed E-state index contributed by atoms with van der Waals surface area (Å²) in [6, 6.07) is 5.68. The van der Waals surface area contributed by atoms with E-state index in [4.69, 9.17) is 4.74 Å². The van der Waals surface area contributed by atoms with E-state index in [2.05, 4.69) is 20.3 Å². The van der Waals surface area contributed by atoms with Crippen molar-refractivity contribution in [2.45, 2.75) is 13.5 Å². The van der Waals surface area contributed by atoms with Crippen molar-refractivity contribution in [1.82, 2.24) is 15.0 Å². The first-order valence-electron chi connectivity index (χ1n) is 5.30. The average Bonchev–Trinajstić information content (AvgIpc) is 2.37. The second-order valence-electron chi connectivity index (χ2n) is 3.56. The Labute approximate surface area is 99.9 Å². The number of nitrogens with one attached hydrogen (secondary N) is 1. The van der Waals surface area contributed by atoms with Crippen LogP contribution in [0.4, 0.5) is 5.82 Å². The number of aryl methyl sites for hydroxylation is 1. The Morgan fingerprint density at radius 1 is 1.35 bits per heavy atom. The van der Waals surface area contributed by atoms with Crippen molar-refractivity contribution in [3.05, 3.63) is 42.0 Å². The van der Waals surface area contributed by atoms with E-state index in [1.54, 1.807) is 19.4 Å². The third-order valence-electron chi connectivity index (χ3n) is 2.22. The lowest BCUT2D eigenvalue weighted by Gasteiger charge is -2.07. The highest BCUT2D eigenvalue weighted by Gasteiger charge is 2.01. The number of hydrogen-bond donors (Lipinski definition) is 1. The molecule has 0 saturated carbocycles. The lowest BCUT2D eigenvalue weighted by atomic mass is 10.3. The van der Waals surface area contributed by atoms with E-state index in [1.807, 2.05) is 25.3 Å². The molecule has 2 rings (SSSR count). The number of pyridine rings is 1.